The lowest BCUT2D eigenvalue weighted by molar-refractivity contribution is 0.471. The highest BCUT2D eigenvalue weighted by atomic mass is 19.1. The number of nitrogens with two attached hydrogens (primary N) is 1. The van der Waals surface area contributed by atoms with E-state index in [0.717, 1.165) is 12.1 Å². The van der Waals surface area contributed by atoms with Crippen LogP contribution in [0.1, 0.15) is 27.2 Å². The summed E-state index contributed by atoms with van der Waals surface area (Å²) in [6, 6.07) is 4.52. The van der Waals surface area contributed by atoms with E-state index in [-0.39, 0.29) is 11.4 Å². The second-order valence-electron chi connectivity index (χ2n) is 4.43. The Morgan fingerprint density at radius 2 is 2.00 bits per heavy atom. The van der Waals surface area contributed by atoms with Crippen molar-refractivity contribution in [1.29, 1.82) is 0 Å². The molecule has 0 bridgehead atoms. The van der Waals surface area contributed by atoms with Gasteiger partial charge in [-0.15, -0.1) is 0 Å². The first-order valence-electron chi connectivity index (χ1n) is 5.17. The Bertz CT molecular complexity index is 347. The lowest BCUT2D eigenvalue weighted by Gasteiger charge is -2.37. The average molecular weight is 210 g/mol. The maximum absolute atomic E-state index is 12.9. The van der Waals surface area contributed by atoms with E-state index < -0.39 is 0 Å². The lowest BCUT2D eigenvalue weighted by Crippen LogP contribution is -2.40. The zero-order chi connectivity index (χ0) is 11.6. The molecule has 0 aliphatic rings. The number of rotatable bonds is 3. The molecule has 3 heteroatoms. The van der Waals surface area contributed by atoms with Gasteiger partial charge in [-0.1, -0.05) is 6.92 Å². The van der Waals surface area contributed by atoms with Gasteiger partial charge in [-0.3, -0.25) is 0 Å². The molecule has 0 aromatic heterocycles. The first-order chi connectivity index (χ1) is 6.88. The van der Waals surface area contributed by atoms with Crippen molar-refractivity contribution in [2.45, 2.75) is 32.7 Å². The van der Waals surface area contributed by atoms with Gasteiger partial charge < -0.3 is 10.6 Å². The second-order valence-corrected chi connectivity index (χ2v) is 4.43. The van der Waals surface area contributed by atoms with Gasteiger partial charge in [0.25, 0.3) is 0 Å². The monoisotopic (exact) mass is 210 g/mol. The molecule has 0 radical (unpaired) electrons. The van der Waals surface area contributed by atoms with E-state index in [4.69, 9.17) is 5.73 Å². The third kappa shape index (κ3) is 2.41. The van der Waals surface area contributed by atoms with Crippen LogP contribution in [0.15, 0.2) is 18.2 Å². The average Bonchev–Trinajstić information content (AvgIpc) is 2.17. The number of nitrogen functional groups attached to an aromatic ring is 1. The van der Waals surface area contributed by atoms with Crippen LogP contribution >= 0.6 is 0 Å². The normalized spacial score (nSPS) is 11.5. The molecule has 0 saturated heterocycles. The summed E-state index contributed by atoms with van der Waals surface area (Å²) in [6.45, 7) is 6.39. The standard InChI is InChI=1S/C12H19FN2/c1-5-12(2,3)15(4)11-7-6-9(13)8-10(11)14/h6-8H,5,14H2,1-4H3. The quantitative estimate of drug-likeness (QED) is 0.777. The van der Waals surface area contributed by atoms with Crippen molar-refractivity contribution in [2.24, 2.45) is 0 Å². The number of nitrogens with zero attached hydrogens (tertiary/aromatic N) is 1. The largest absolute Gasteiger partial charge is 0.397 e. The Balaban J connectivity index is 3.06. The fourth-order valence-electron chi connectivity index (χ4n) is 1.39. The summed E-state index contributed by atoms with van der Waals surface area (Å²) in [5.74, 6) is -0.293. The minimum absolute atomic E-state index is 0.0198. The van der Waals surface area contributed by atoms with Gasteiger partial charge in [0.05, 0.1) is 11.4 Å². The van der Waals surface area contributed by atoms with Gasteiger partial charge in [-0.2, -0.15) is 0 Å². The third-order valence-electron chi connectivity index (χ3n) is 3.12. The smallest absolute Gasteiger partial charge is 0.125 e. The molecule has 0 unspecified atom stereocenters. The van der Waals surface area contributed by atoms with Gasteiger partial charge in [0.1, 0.15) is 5.82 Å². The molecule has 0 amide bonds. The number of halogens is 1. The molecule has 2 N–H and O–H groups in total. The van der Waals surface area contributed by atoms with E-state index >= 15 is 0 Å². The summed E-state index contributed by atoms with van der Waals surface area (Å²) in [5.41, 5.74) is 7.18. The van der Waals surface area contributed by atoms with Crippen LogP contribution in [0.2, 0.25) is 0 Å². The van der Waals surface area contributed by atoms with Gasteiger partial charge in [0.15, 0.2) is 0 Å². The Kier molecular flexibility index (Phi) is 3.22. The molecule has 0 saturated carbocycles. The fourth-order valence-corrected chi connectivity index (χ4v) is 1.39. The highest BCUT2D eigenvalue weighted by Gasteiger charge is 2.22. The molecule has 0 spiro atoms. The number of benzene rings is 1. The summed E-state index contributed by atoms with van der Waals surface area (Å²) in [5, 5.41) is 0. The van der Waals surface area contributed by atoms with Crippen LogP contribution < -0.4 is 10.6 Å². The van der Waals surface area contributed by atoms with E-state index in [0.29, 0.717) is 5.69 Å². The summed E-state index contributed by atoms with van der Waals surface area (Å²) in [7, 11) is 1.98. The first-order valence-corrected chi connectivity index (χ1v) is 5.17. The van der Waals surface area contributed by atoms with Crippen molar-refractivity contribution in [3.8, 4) is 0 Å². The second kappa shape index (κ2) is 4.09. The van der Waals surface area contributed by atoms with Gasteiger partial charge in [-0.05, 0) is 38.5 Å². The molecule has 2 nitrogen and oxygen atoms in total. The molecule has 15 heavy (non-hydrogen) atoms. The highest BCUT2D eigenvalue weighted by molar-refractivity contribution is 5.68. The summed E-state index contributed by atoms with van der Waals surface area (Å²) >= 11 is 0. The van der Waals surface area contributed by atoms with Gasteiger partial charge >= 0.3 is 0 Å². The molecule has 1 aromatic carbocycles. The van der Waals surface area contributed by atoms with Crippen molar-refractivity contribution in [1.82, 2.24) is 0 Å². The number of hydrogen-bond donors (Lipinski definition) is 1. The van der Waals surface area contributed by atoms with E-state index in [2.05, 4.69) is 25.7 Å². The van der Waals surface area contributed by atoms with Crippen LogP contribution in [0.4, 0.5) is 15.8 Å². The summed E-state index contributed by atoms with van der Waals surface area (Å²) in [6.07, 6.45) is 1.00. The van der Waals surface area contributed by atoms with Crippen LogP contribution in [-0.4, -0.2) is 12.6 Å². The van der Waals surface area contributed by atoms with E-state index in [1.54, 1.807) is 6.07 Å². The molecule has 84 valence electrons. The molecule has 0 atom stereocenters. The van der Waals surface area contributed by atoms with Crippen LogP contribution in [0, 0.1) is 5.82 Å². The van der Waals surface area contributed by atoms with E-state index in [9.17, 15) is 4.39 Å². The third-order valence-corrected chi connectivity index (χ3v) is 3.12. The molecule has 1 aromatic rings. The zero-order valence-corrected chi connectivity index (χ0v) is 9.84. The number of hydrogen-bond acceptors (Lipinski definition) is 2. The predicted octanol–water partition coefficient (Wildman–Crippen LogP) is 3.03. The molecule has 0 aliphatic heterocycles. The first kappa shape index (κ1) is 11.8. The molecule has 0 fully saturated rings. The van der Waals surface area contributed by atoms with Crippen molar-refractivity contribution in [3.05, 3.63) is 24.0 Å². The van der Waals surface area contributed by atoms with Crippen LogP contribution in [-0.2, 0) is 0 Å². The van der Waals surface area contributed by atoms with Crippen LogP contribution in [0.25, 0.3) is 0 Å². The van der Waals surface area contributed by atoms with Crippen molar-refractivity contribution >= 4 is 11.4 Å². The van der Waals surface area contributed by atoms with Crippen LogP contribution in [0.3, 0.4) is 0 Å². The van der Waals surface area contributed by atoms with Crippen molar-refractivity contribution < 1.29 is 4.39 Å². The molecule has 0 aliphatic carbocycles. The van der Waals surface area contributed by atoms with Gasteiger partial charge in [-0.25, -0.2) is 4.39 Å². The van der Waals surface area contributed by atoms with Crippen molar-refractivity contribution in [2.75, 3.05) is 17.7 Å². The predicted molar refractivity (Wildman–Crippen MR) is 63.6 cm³/mol. The number of anilines is 2. The Hall–Kier alpha value is -1.25. The SMILES string of the molecule is CCC(C)(C)N(C)c1ccc(F)cc1N. The zero-order valence-electron chi connectivity index (χ0n) is 9.84. The van der Waals surface area contributed by atoms with Crippen molar-refractivity contribution in [3.63, 3.8) is 0 Å². The maximum atomic E-state index is 12.9. The minimum Gasteiger partial charge on any atom is -0.397 e. The van der Waals surface area contributed by atoms with E-state index in [1.807, 2.05) is 7.05 Å². The summed E-state index contributed by atoms with van der Waals surface area (Å²) < 4.78 is 12.9. The fraction of sp³-hybridized carbons (Fsp3) is 0.500. The Labute approximate surface area is 90.9 Å². The lowest BCUT2D eigenvalue weighted by atomic mass is 9.99. The Morgan fingerprint density at radius 1 is 1.40 bits per heavy atom. The van der Waals surface area contributed by atoms with Gasteiger partial charge in [0.2, 0.25) is 0 Å². The summed E-state index contributed by atoms with van der Waals surface area (Å²) in [4.78, 5) is 2.09. The molecule has 0 heterocycles. The highest BCUT2D eigenvalue weighted by Crippen LogP contribution is 2.29. The van der Waals surface area contributed by atoms with E-state index in [1.165, 1.54) is 12.1 Å². The minimum atomic E-state index is -0.293. The molecular weight excluding hydrogens is 191 g/mol. The van der Waals surface area contributed by atoms with Crippen LogP contribution in [0.5, 0.6) is 0 Å². The molecular formula is C12H19FN2. The molecule has 1 rings (SSSR count). The maximum Gasteiger partial charge on any atom is 0.125 e. The Morgan fingerprint density at radius 3 is 2.47 bits per heavy atom. The van der Waals surface area contributed by atoms with Gasteiger partial charge in [0, 0.05) is 12.6 Å². The topological polar surface area (TPSA) is 29.3 Å².